The molecule has 0 atom stereocenters. The van der Waals surface area contributed by atoms with Gasteiger partial charge in [-0.2, -0.15) is 0 Å². The van der Waals surface area contributed by atoms with Gasteiger partial charge in [-0.15, -0.1) is 0 Å². The summed E-state index contributed by atoms with van der Waals surface area (Å²) in [6.45, 7) is 4.21. The van der Waals surface area contributed by atoms with Gasteiger partial charge in [0.1, 0.15) is 11.5 Å². The van der Waals surface area contributed by atoms with Crippen molar-refractivity contribution in [3.05, 3.63) is 188 Å². The summed E-state index contributed by atoms with van der Waals surface area (Å²) in [5, 5.41) is 2.15. The highest BCUT2D eigenvalue weighted by atomic mass is 15.1. The van der Waals surface area contributed by atoms with Crippen LogP contribution < -0.4 is 0 Å². The smallest absolute Gasteiger partial charge is 0.164 e. The molecule has 0 aliphatic heterocycles. The fourth-order valence-corrected chi connectivity index (χ4v) is 7.63. The number of benzene rings is 5. The second-order valence-corrected chi connectivity index (χ2v) is 14.1. The average molecular weight is 734 g/mol. The predicted octanol–water partition coefficient (Wildman–Crippen LogP) is 11.8. The summed E-state index contributed by atoms with van der Waals surface area (Å²) in [5.74, 6) is 2.66. The molecule has 0 N–H and O–H groups in total. The highest BCUT2D eigenvalue weighted by Gasteiger charge is 2.18. The summed E-state index contributed by atoms with van der Waals surface area (Å²) in [7, 11) is 0. The summed E-state index contributed by atoms with van der Waals surface area (Å²) in [6, 6.07) is 54.3. The number of aromatic nitrogens is 7. The zero-order valence-corrected chi connectivity index (χ0v) is 31.4. The van der Waals surface area contributed by atoms with E-state index < -0.39 is 0 Å². The van der Waals surface area contributed by atoms with Crippen molar-refractivity contribution in [1.29, 1.82) is 0 Å². The first-order valence-corrected chi connectivity index (χ1v) is 18.9. The number of aryl methyl sites for hydroxylation is 2. The third-order valence-electron chi connectivity index (χ3n) is 10.5. The van der Waals surface area contributed by atoms with Gasteiger partial charge in [0.15, 0.2) is 17.5 Å². The summed E-state index contributed by atoms with van der Waals surface area (Å²) in [5.41, 5.74) is 13.3. The molecule has 10 rings (SSSR count). The molecule has 5 heterocycles. The molecule has 5 aromatic heterocycles. The lowest BCUT2D eigenvalue weighted by Crippen LogP contribution is -2.00. The molecule has 0 aliphatic rings. The average Bonchev–Trinajstić information content (AvgIpc) is 3.61. The molecule has 57 heavy (non-hydrogen) atoms. The van der Waals surface area contributed by atoms with Crippen LogP contribution in [0.25, 0.3) is 95.3 Å². The van der Waals surface area contributed by atoms with Crippen LogP contribution in [-0.2, 0) is 0 Å². The molecule has 0 amide bonds. The van der Waals surface area contributed by atoms with Gasteiger partial charge in [0, 0.05) is 57.3 Å². The molecule has 0 spiro atoms. The number of nitrogens with zero attached hydrogens (tertiary/aromatic N) is 7. The maximum atomic E-state index is 5.14. The van der Waals surface area contributed by atoms with E-state index in [0.717, 1.165) is 83.5 Å². The van der Waals surface area contributed by atoms with Crippen LogP contribution in [0.3, 0.4) is 0 Å². The molecule has 0 radical (unpaired) electrons. The third kappa shape index (κ3) is 6.31. The van der Waals surface area contributed by atoms with Crippen molar-refractivity contribution >= 4 is 21.9 Å². The maximum Gasteiger partial charge on any atom is 0.164 e. The Morgan fingerprint density at radius 3 is 1.67 bits per heavy atom. The summed E-state index contributed by atoms with van der Waals surface area (Å²) in [6.07, 6.45) is 5.50. The molecule has 0 saturated carbocycles. The first-order valence-electron chi connectivity index (χ1n) is 18.9. The van der Waals surface area contributed by atoms with Gasteiger partial charge < -0.3 is 0 Å². The van der Waals surface area contributed by atoms with Crippen molar-refractivity contribution in [2.24, 2.45) is 0 Å². The topological polar surface area (TPSA) is 82.3 Å². The zero-order valence-electron chi connectivity index (χ0n) is 31.4. The molecule has 5 aromatic carbocycles. The largest absolute Gasteiger partial charge is 0.278 e. The van der Waals surface area contributed by atoms with Crippen molar-refractivity contribution in [2.75, 3.05) is 0 Å². The Bertz CT molecular complexity index is 3030. The van der Waals surface area contributed by atoms with E-state index in [1.165, 1.54) is 5.56 Å². The molecule has 0 unspecified atom stereocenters. The van der Waals surface area contributed by atoms with Gasteiger partial charge in [-0.05, 0) is 114 Å². The van der Waals surface area contributed by atoms with Crippen molar-refractivity contribution in [3.63, 3.8) is 0 Å². The minimum Gasteiger partial charge on any atom is -0.278 e. The van der Waals surface area contributed by atoms with E-state index in [1.54, 1.807) is 0 Å². The summed E-state index contributed by atoms with van der Waals surface area (Å²) < 4.78 is 2.13. The number of hydrogen-bond donors (Lipinski definition) is 0. The summed E-state index contributed by atoms with van der Waals surface area (Å²) >= 11 is 0. The van der Waals surface area contributed by atoms with Crippen LogP contribution in [0.2, 0.25) is 0 Å². The van der Waals surface area contributed by atoms with Gasteiger partial charge in [-0.1, -0.05) is 91.0 Å². The fraction of sp³-hybridized carbons (Fsp3) is 0.0400. The second kappa shape index (κ2) is 14.2. The first kappa shape index (κ1) is 33.9. The third-order valence-corrected chi connectivity index (χ3v) is 10.5. The molecule has 0 bridgehead atoms. The molecule has 0 aliphatic carbocycles. The molecule has 270 valence electrons. The van der Waals surface area contributed by atoms with E-state index in [0.29, 0.717) is 17.5 Å². The number of rotatable bonds is 7. The SMILES string of the molecule is Cc1ccc(-c2cc(-c3ccc4c(c3)c3cccnc3n4-c3ccccn3)cc(-c3nc(-c4ccccc4)nc(-c4ccccc4)n3)c2)cc1-c1cccnc1C. The van der Waals surface area contributed by atoms with Gasteiger partial charge in [-0.3, -0.25) is 9.55 Å². The van der Waals surface area contributed by atoms with Gasteiger partial charge in [-0.25, -0.2) is 24.9 Å². The fourth-order valence-electron chi connectivity index (χ4n) is 7.63. The standard InChI is InChI=1S/C50H35N7/c1-32-20-21-36(30-43(32)41-17-11-25-51-33(41)2)38-27-39(37-22-23-45-44(31-37)42-18-12-26-53-50(42)57(45)46-19-9-10-24-52-46)29-40(28-38)49-55-47(34-13-5-3-6-14-34)54-48(56-49)35-15-7-4-8-16-35/h3-31H,1-2H3. The van der Waals surface area contributed by atoms with E-state index in [4.69, 9.17) is 24.9 Å². The molecule has 7 heteroatoms. The van der Waals surface area contributed by atoms with E-state index >= 15 is 0 Å². The van der Waals surface area contributed by atoms with Crippen LogP contribution >= 0.6 is 0 Å². The molecule has 10 aromatic rings. The lowest BCUT2D eigenvalue weighted by molar-refractivity contribution is 1.06. The normalized spacial score (nSPS) is 11.3. The van der Waals surface area contributed by atoms with Gasteiger partial charge in [0.2, 0.25) is 0 Å². The quantitative estimate of drug-likeness (QED) is 0.162. The predicted molar refractivity (Wildman–Crippen MR) is 230 cm³/mol. The van der Waals surface area contributed by atoms with E-state index in [1.807, 2.05) is 110 Å². The molecular formula is C50H35N7. The Labute approximate surface area is 330 Å². The number of pyridine rings is 3. The highest BCUT2D eigenvalue weighted by molar-refractivity contribution is 6.09. The lowest BCUT2D eigenvalue weighted by atomic mass is 9.91. The van der Waals surface area contributed by atoms with Crippen LogP contribution in [0.15, 0.2) is 176 Å². The van der Waals surface area contributed by atoms with Crippen LogP contribution in [0.1, 0.15) is 11.3 Å². The maximum absolute atomic E-state index is 5.14. The van der Waals surface area contributed by atoms with Crippen molar-refractivity contribution < 1.29 is 0 Å². The Hall–Kier alpha value is -7.64. The monoisotopic (exact) mass is 733 g/mol. The van der Waals surface area contributed by atoms with Crippen LogP contribution in [0.4, 0.5) is 0 Å². The van der Waals surface area contributed by atoms with Crippen molar-refractivity contribution in [1.82, 2.24) is 34.5 Å². The van der Waals surface area contributed by atoms with E-state index in [2.05, 4.69) is 90.1 Å². The highest BCUT2D eigenvalue weighted by Crippen LogP contribution is 2.38. The molecule has 0 fully saturated rings. The number of fused-ring (bicyclic) bond motifs is 3. The Balaban J connectivity index is 1.21. The van der Waals surface area contributed by atoms with Gasteiger partial charge in [0.05, 0.1) is 5.52 Å². The Morgan fingerprint density at radius 2 is 0.982 bits per heavy atom. The lowest BCUT2D eigenvalue weighted by Gasteiger charge is -2.15. The van der Waals surface area contributed by atoms with Crippen LogP contribution in [0, 0.1) is 13.8 Å². The second-order valence-electron chi connectivity index (χ2n) is 14.1. The Morgan fingerprint density at radius 1 is 0.386 bits per heavy atom. The minimum atomic E-state index is 0.596. The van der Waals surface area contributed by atoms with Crippen LogP contribution in [0.5, 0.6) is 0 Å². The summed E-state index contributed by atoms with van der Waals surface area (Å²) in [4.78, 5) is 29.4. The van der Waals surface area contributed by atoms with Crippen LogP contribution in [-0.4, -0.2) is 34.5 Å². The van der Waals surface area contributed by atoms with E-state index in [-0.39, 0.29) is 0 Å². The molecule has 7 nitrogen and oxygen atoms in total. The molecule has 0 saturated heterocycles. The molecular weight excluding hydrogens is 699 g/mol. The Kier molecular flexibility index (Phi) is 8.45. The minimum absolute atomic E-state index is 0.596. The van der Waals surface area contributed by atoms with Gasteiger partial charge >= 0.3 is 0 Å². The first-order chi connectivity index (χ1) is 28.1. The van der Waals surface area contributed by atoms with Crippen molar-refractivity contribution in [3.8, 4) is 73.4 Å². The van der Waals surface area contributed by atoms with Gasteiger partial charge in [0.25, 0.3) is 0 Å². The van der Waals surface area contributed by atoms with Crippen molar-refractivity contribution in [2.45, 2.75) is 13.8 Å². The number of hydrogen-bond acceptors (Lipinski definition) is 6. The zero-order chi connectivity index (χ0) is 38.3. The van der Waals surface area contributed by atoms with E-state index in [9.17, 15) is 0 Å².